The van der Waals surface area contributed by atoms with Crippen molar-refractivity contribution in [1.29, 1.82) is 0 Å². The normalized spacial score (nSPS) is 11.5. The van der Waals surface area contributed by atoms with Gasteiger partial charge >= 0.3 is 0 Å². The average Bonchev–Trinajstić information content (AvgIpc) is 3.15. The number of ether oxygens (including phenoxy) is 2. The number of unbranched alkanes of at least 4 members (excludes halogenated alkanes) is 10. The topological polar surface area (TPSA) is 44.5 Å². The van der Waals surface area contributed by atoms with Crippen LogP contribution in [-0.2, 0) is 0 Å². The molecule has 1 aromatic carbocycles. The van der Waals surface area contributed by atoms with E-state index in [9.17, 15) is 0 Å². The molecule has 0 saturated carbocycles. The summed E-state index contributed by atoms with van der Waals surface area (Å²) in [5.41, 5.74) is 3.50. The highest BCUT2D eigenvalue weighted by molar-refractivity contribution is 6.10. The molecule has 0 atom stereocenters. The molecule has 2 heterocycles. The number of nitrogens with zero attached hydrogens (tertiary/aromatic N) is 1. The Labute approximate surface area is 200 Å². The molecular weight excluding hydrogens is 410 g/mol. The van der Waals surface area contributed by atoms with Crippen LogP contribution in [-0.4, -0.2) is 18.2 Å². The van der Waals surface area contributed by atoms with Gasteiger partial charge in [-0.25, -0.2) is 4.98 Å². The Kier molecular flexibility index (Phi) is 10.4. The van der Waals surface area contributed by atoms with Crippen molar-refractivity contribution in [1.82, 2.24) is 4.98 Å². The van der Waals surface area contributed by atoms with Gasteiger partial charge < -0.3 is 13.9 Å². The molecule has 3 aromatic rings. The molecule has 2 aromatic heterocycles. The van der Waals surface area contributed by atoms with E-state index >= 15 is 0 Å². The molecule has 0 aliphatic heterocycles. The van der Waals surface area contributed by atoms with Gasteiger partial charge in [-0.1, -0.05) is 78.1 Å². The number of benzene rings is 1. The summed E-state index contributed by atoms with van der Waals surface area (Å²) in [4.78, 5) is 4.66. The second-order valence-electron chi connectivity index (χ2n) is 9.41. The van der Waals surface area contributed by atoms with E-state index in [-0.39, 0.29) is 0 Å². The van der Waals surface area contributed by atoms with Gasteiger partial charge in [0, 0.05) is 11.8 Å². The minimum Gasteiger partial charge on any atom is -0.493 e. The maximum atomic E-state index is 6.30. The smallest absolute Gasteiger partial charge is 0.231 e. The Bertz CT molecular complexity index is 913. The second-order valence-corrected chi connectivity index (χ2v) is 9.41. The first-order chi connectivity index (χ1) is 16.1. The first-order valence-corrected chi connectivity index (χ1v) is 13.2. The summed E-state index contributed by atoms with van der Waals surface area (Å²) >= 11 is 0. The predicted molar refractivity (Wildman–Crippen MR) is 139 cm³/mol. The van der Waals surface area contributed by atoms with Gasteiger partial charge in [0.15, 0.2) is 0 Å². The molecule has 0 aliphatic rings. The molecule has 0 amide bonds. The summed E-state index contributed by atoms with van der Waals surface area (Å²) in [7, 11) is 0. The molecule has 0 N–H and O–H groups in total. The molecule has 0 aliphatic carbocycles. The number of pyridine rings is 1. The van der Waals surface area contributed by atoms with Gasteiger partial charge in [0.1, 0.15) is 17.1 Å². The number of aryl methyl sites for hydroxylation is 2. The summed E-state index contributed by atoms with van der Waals surface area (Å²) in [6, 6.07) is 6.22. The van der Waals surface area contributed by atoms with Crippen LogP contribution >= 0.6 is 0 Å². The predicted octanol–water partition coefficient (Wildman–Crippen LogP) is 9.08. The van der Waals surface area contributed by atoms with Crippen LogP contribution in [0.4, 0.5) is 0 Å². The molecule has 33 heavy (non-hydrogen) atoms. The first kappa shape index (κ1) is 25.4. The fourth-order valence-corrected chi connectivity index (χ4v) is 4.43. The molecular formula is C29H43NO3. The van der Waals surface area contributed by atoms with E-state index in [4.69, 9.17) is 13.9 Å². The van der Waals surface area contributed by atoms with Crippen LogP contribution < -0.4 is 9.47 Å². The molecule has 4 nitrogen and oxygen atoms in total. The number of hydrogen-bond acceptors (Lipinski definition) is 4. The van der Waals surface area contributed by atoms with Crippen molar-refractivity contribution in [2.45, 2.75) is 105 Å². The third-order valence-electron chi connectivity index (χ3n) is 6.26. The molecule has 3 rings (SSSR count). The summed E-state index contributed by atoms with van der Waals surface area (Å²) in [5, 5.41) is 1.94. The quantitative estimate of drug-likeness (QED) is 0.203. The molecule has 0 radical (unpaired) electrons. The van der Waals surface area contributed by atoms with Crippen molar-refractivity contribution in [3.05, 3.63) is 29.5 Å². The average molecular weight is 454 g/mol. The molecule has 0 saturated heterocycles. The molecule has 0 fully saturated rings. The lowest BCUT2D eigenvalue weighted by atomic mass is 10.1. The van der Waals surface area contributed by atoms with E-state index in [1.165, 1.54) is 64.2 Å². The Morgan fingerprint density at radius 2 is 1.21 bits per heavy atom. The summed E-state index contributed by atoms with van der Waals surface area (Å²) < 4.78 is 18.7. The Balaban J connectivity index is 1.74. The van der Waals surface area contributed by atoms with Gasteiger partial charge in [0.05, 0.1) is 24.0 Å². The monoisotopic (exact) mass is 453 g/mol. The molecule has 4 heteroatoms. The lowest BCUT2D eigenvalue weighted by molar-refractivity contribution is 0.305. The molecule has 182 valence electrons. The van der Waals surface area contributed by atoms with Gasteiger partial charge in [-0.05, 0) is 44.4 Å². The summed E-state index contributed by atoms with van der Waals surface area (Å²) in [6.45, 7) is 10.0. The van der Waals surface area contributed by atoms with Crippen LogP contribution in [0.5, 0.6) is 11.5 Å². The van der Waals surface area contributed by atoms with E-state index in [2.05, 4.69) is 37.9 Å². The van der Waals surface area contributed by atoms with Crippen LogP contribution in [0.15, 0.2) is 22.6 Å². The number of furan rings is 1. The van der Waals surface area contributed by atoms with E-state index in [1.54, 1.807) is 0 Å². The highest BCUT2D eigenvalue weighted by Crippen LogP contribution is 2.41. The third-order valence-corrected chi connectivity index (χ3v) is 6.26. The zero-order valence-corrected chi connectivity index (χ0v) is 21.3. The minimum absolute atomic E-state index is 0.637. The second kappa shape index (κ2) is 13.5. The van der Waals surface area contributed by atoms with Crippen molar-refractivity contribution in [3.8, 4) is 11.5 Å². The maximum absolute atomic E-state index is 6.30. The largest absolute Gasteiger partial charge is 0.493 e. The minimum atomic E-state index is 0.637. The first-order valence-electron chi connectivity index (χ1n) is 13.2. The van der Waals surface area contributed by atoms with Gasteiger partial charge in [0.25, 0.3) is 0 Å². The van der Waals surface area contributed by atoms with E-state index in [0.717, 1.165) is 65.2 Å². The van der Waals surface area contributed by atoms with Crippen molar-refractivity contribution < 1.29 is 13.9 Å². The van der Waals surface area contributed by atoms with Crippen LogP contribution in [0, 0.1) is 13.8 Å². The SMILES string of the molecule is CCCCCCCCOc1cc(C)cc2oc3nc(C)cc(OCCCCCCCC)c3c12. The number of fused-ring (bicyclic) bond motifs is 3. The van der Waals surface area contributed by atoms with Crippen LogP contribution in [0.25, 0.3) is 22.1 Å². The van der Waals surface area contributed by atoms with Crippen molar-refractivity contribution in [2.75, 3.05) is 13.2 Å². The van der Waals surface area contributed by atoms with E-state index < -0.39 is 0 Å². The molecule has 0 unspecified atom stereocenters. The van der Waals surface area contributed by atoms with Gasteiger partial charge in [0.2, 0.25) is 5.71 Å². The number of rotatable bonds is 16. The standard InChI is InChI=1S/C29H43NO3/c1-5-7-9-11-13-15-17-31-24-19-22(3)20-26-27(24)28-25(21-23(4)30-29(28)33-26)32-18-16-14-12-10-8-6-2/h19-21H,5-18H2,1-4H3. The van der Waals surface area contributed by atoms with Gasteiger partial charge in [-0.15, -0.1) is 0 Å². The fourth-order valence-electron chi connectivity index (χ4n) is 4.43. The molecule has 0 bridgehead atoms. The maximum Gasteiger partial charge on any atom is 0.231 e. The van der Waals surface area contributed by atoms with Gasteiger partial charge in [-0.3, -0.25) is 0 Å². The van der Waals surface area contributed by atoms with Gasteiger partial charge in [-0.2, -0.15) is 0 Å². The zero-order chi connectivity index (χ0) is 23.5. The van der Waals surface area contributed by atoms with Crippen molar-refractivity contribution >= 4 is 22.1 Å². The summed E-state index contributed by atoms with van der Waals surface area (Å²) in [5.74, 6) is 1.74. The Morgan fingerprint density at radius 1 is 0.667 bits per heavy atom. The van der Waals surface area contributed by atoms with Crippen LogP contribution in [0.3, 0.4) is 0 Å². The number of hydrogen-bond donors (Lipinski definition) is 0. The lowest BCUT2D eigenvalue weighted by Gasteiger charge is -2.11. The molecule has 0 spiro atoms. The Hall–Kier alpha value is -2.23. The van der Waals surface area contributed by atoms with Crippen molar-refractivity contribution in [2.24, 2.45) is 0 Å². The van der Waals surface area contributed by atoms with Crippen LogP contribution in [0.1, 0.15) is 102 Å². The van der Waals surface area contributed by atoms with E-state index in [1.807, 2.05) is 13.0 Å². The van der Waals surface area contributed by atoms with Crippen LogP contribution in [0.2, 0.25) is 0 Å². The fraction of sp³-hybridized carbons (Fsp3) is 0.621. The summed E-state index contributed by atoms with van der Waals surface area (Å²) in [6.07, 6.45) is 15.0. The third kappa shape index (κ3) is 7.38. The zero-order valence-electron chi connectivity index (χ0n) is 21.3. The Morgan fingerprint density at radius 3 is 1.82 bits per heavy atom. The highest BCUT2D eigenvalue weighted by Gasteiger charge is 2.19. The lowest BCUT2D eigenvalue weighted by Crippen LogP contribution is -2.00. The number of aromatic nitrogens is 1. The van der Waals surface area contributed by atoms with Crippen molar-refractivity contribution in [3.63, 3.8) is 0 Å². The van der Waals surface area contributed by atoms with E-state index in [0.29, 0.717) is 5.71 Å². The highest BCUT2D eigenvalue weighted by atomic mass is 16.5.